The molecule has 4 aromatic carbocycles. The van der Waals surface area contributed by atoms with Crippen molar-refractivity contribution in [3.05, 3.63) is 134 Å². The minimum absolute atomic E-state index is 0.902. The Labute approximate surface area is 224 Å². The van der Waals surface area contributed by atoms with Gasteiger partial charge in [0.05, 0.1) is 16.7 Å². The van der Waals surface area contributed by atoms with E-state index < -0.39 is 0 Å². The molecule has 0 saturated carbocycles. The summed E-state index contributed by atoms with van der Waals surface area (Å²) in [4.78, 5) is 15.2. The van der Waals surface area contributed by atoms with E-state index in [9.17, 15) is 0 Å². The first kappa shape index (κ1) is 21.7. The number of nitrogens with zero attached hydrogens (tertiary/aromatic N) is 4. The van der Waals surface area contributed by atoms with E-state index in [1.54, 1.807) is 0 Å². The molecule has 0 unspecified atom stereocenters. The second-order valence-electron chi connectivity index (χ2n) is 9.73. The molecule has 0 spiro atoms. The lowest BCUT2D eigenvalue weighted by molar-refractivity contribution is 1.22. The Balaban J connectivity index is 1.58. The monoisotopic (exact) mass is 498 g/mol. The maximum Gasteiger partial charge on any atom is 0.145 e. The van der Waals surface area contributed by atoms with E-state index in [0.717, 1.165) is 72.0 Å². The largest absolute Gasteiger partial charge is 0.296 e. The fraction of sp³-hybridized carbons (Fsp3) is 0. The second-order valence-corrected chi connectivity index (χ2v) is 9.73. The summed E-state index contributed by atoms with van der Waals surface area (Å²) in [5, 5.41) is 2.11. The standard InChI is InChI=1S/C35H22N4/c1-3-11-23(12-4-1)25-21-29(24-13-5-2-6-14-24)35-38-33-28-16-8-10-18-31(28)37-32(34(33)39(35)22-25)27-19-20-36-30-17-9-7-15-26(27)30/h1-22H. The molecule has 0 amide bonds. The first-order valence-electron chi connectivity index (χ1n) is 13.0. The highest BCUT2D eigenvalue weighted by Crippen LogP contribution is 2.39. The highest BCUT2D eigenvalue weighted by molar-refractivity contribution is 6.12. The zero-order valence-corrected chi connectivity index (χ0v) is 21.0. The number of pyridine rings is 3. The van der Waals surface area contributed by atoms with Crippen LogP contribution in [0.25, 0.3) is 72.0 Å². The highest BCUT2D eigenvalue weighted by atomic mass is 15.0. The Bertz CT molecular complexity index is 2160. The van der Waals surface area contributed by atoms with Crippen LogP contribution in [0.15, 0.2) is 134 Å². The number of fused-ring (bicyclic) bond motifs is 6. The van der Waals surface area contributed by atoms with Crippen LogP contribution in [0.2, 0.25) is 0 Å². The van der Waals surface area contributed by atoms with Crippen LogP contribution < -0.4 is 0 Å². The number of benzene rings is 4. The molecule has 0 aliphatic carbocycles. The number of imidazole rings is 1. The van der Waals surface area contributed by atoms with Gasteiger partial charge in [-0.25, -0.2) is 9.97 Å². The van der Waals surface area contributed by atoms with Crippen molar-refractivity contribution < 1.29 is 0 Å². The van der Waals surface area contributed by atoms with Crippen LogP contribution in [0, 0.1) is 0 Å². The SMILES string of the molecule is c1ccc(-c2cc(-c3ccccc3)c3nc4c5ccccc5nc(-c5ccnc6ccccc56)c4n3c2)cc1. The molecular weight excluding hydrogens is 476 g/mol. The quantitative estimate of drug-likeness (QED) is 0.245. The predicted molar refractivity (Wildman–Crippen MR) is 160 cm³/mol. The van der Waals surface area contributed by atoms with E-state index in [0.29, 0.717) is 0 Å². The minimum atomic E-state index is 0.902. The van der Waals surface area contributed by atoms with Gasteiger partial charge in [-0.2, -0.15) is 0 Å². The van der Waals surface area contributed by atoms with Crippen molar-refractivity contribution >= 4 is 38.5 Å². The summed E-state index contributed by atoms with van der Waals surface area (Å²) < 4.78 is 2.24. The molecule has 8 aromatic rings. The van der Waals surface area contributed by atoms with Gasteiger partial charge in [-0.1, -0.05) is 97.1 Å². The van der Waals surface area contributed by atoms with Gasteiger partial charge >= 0.3 is 0 Å². The van der Waals surface area contributed by atoms with Gasteiger partial charge in [0.1, 0.15) is 16.7 Å². The first-order chi connectivity index (χ1) is 19.3. The van der Waals surface area contributed by atoms with E-state index in [2.05, 4.69) is 113 Å². The summed E-state index contributed by atoms with van der Waals surface area (Å²) in [5.41, 5.74) is 11.2. The topological polar surface area (TPSA) is 43.1 Å². The van der Waals surface area contributed by atoms with Crippen molar-refractivity contribution in [1.29, 1.82) is 0 Å². The number of hydrogen-bond acceptors (Lipinski definition) is 3. The smallest absolute Gasteiger partial charge is 0.145 e. The molecular formula is C35H22N4. The summed E-state index contributed by atoms with van der Waals surface area (Å²) in [6, 6.07) is 41.9. The Hall–Kier alpha value is -5.35. The number of para-hydroxylation sites is 2. The lowest BCUT2D eigenvalue weighted by atomic mass is 10.0. The summed E-state index contributed by atoms with van der Waals surface area (Å²) in [5.74, 6) is 0. The van der Waals surface area contributed by atoms with E-state index in [4.69, 9.17) is 9.97 Å². The average Bonchev–Trinajstić information content (AvgIpc) is 3.41. The van der Waals surface area contributed by atoms with Gasteiger partial charge in [-0.15, -0.1) is 0 Å². The fourth-order valence-corrected chi connectivity index (χ4v) is 5.61. The molecule has 0 radical (unpaired) electrons. The molecule has 0 saturated heterocycles. The van der Waals surface area contributed by atoms with E-state index >= 15 is 0 Å². The van der Waals surface area contributed by atoms with Crippen molar-refractivity contribution in [2.24, 2.45) is 0 Å². The van der Waals surface area contributed by atoms with Gasteiger partial charge in [0.25, 0.3) is 0 Å². The van der Waals surface area contributed by atoms with Gasteiger partial charge in [0.2, 0.25) is 0 Å². The van der Waals surface area contributed by atoms with E-state index in [1.165, 1.54) is 0 Å². The summed E-state index contributed by atoms with van der Waals surface area (Å²) >= 11 is 0. The van der Waals surface area contributed by atoms with Crippen LogP contribution in [-0.2, 0) is 0 Å². The number of rotatable bonds is 3. The predicted octanol–water partition coefficient (Wildman–Crippen LogP) is 8.58. The molecule has 0 aliphatic rings. The van der Waals surface area contributed by atoms with Gasteiger partial charge in [-0.3, -0.25) is 9.38 Å². The van der Waals surface area contributed by atoms with Crippen LogP contribution in [0.3, 0.4) is 0 Å². The third-order valence-electron chi connectivity index (χ3n) is 7.43. The van der Waals surface area contributed by atoms with E-state index in [1.807, 2.05) is 30.5 Å². The molecule has 0 N–H and O–H groups in total. The molecule has 0 fully saturated rings. The van der Waals surface area contributed by atoms with Crippen molar-refractivity contribution in [3.63, 3.8) is 0 Å². The lowest BCUT2D eigenvalue weighted by Crippen LogP contribution is -1.95. The van der Waals surface area contributed by atoms with Crippen molar-refractivity contribution in [1.82, 2.24) is 19.4 Å². The molecule has 182 valence electrons. The van der Waals surface area contributed by atoms with Crippen molar-refractivity contribution in [2.75, 3.05) is 0 Å². The van der Waals surface area contributed by atoms with Gasteiger partial charge in [-0.05, 0) is 41.0 Å². The van der Waals surface area contributed by atoms with Crippen LogP contribution in [0.4, 0.5) is 0 Å². The molecule has 8 rings (SSSR count). The Kier molecular flexibility index (Phi) is 4.79. The molecule has 0 bridgehead atoms. The molecule has 0 aliphatic heterocycles. The third kappa shape index (κ3) is 3.42. The maximum atomic E-state index is 5.33. The Morgan fingerprint density at radius 3 is 1.97 bits per heavy atom. The number of aromatic nitrogens is 4. The minimum Gasteiger partial charge on any atom is -0.296 e. The summed E-state index contributed by atoms with van der Waals surface area (Å²) in [6.45, 7) is 0. The van der Waals surface area contributed by atoms with Crippen LogP contribution in [-0.4, -0.2) is 19.4 Å². The molecule has 39 heavy (non-hydrogen) atoms. The van der Waals surface area contributed by atoms with Crippen LogP contribution >= 0.6 is 0 Å². The van der Waals surface area contributed by atoms with Crippen LogP contribution in [0.5, 0.6) is 0 Å². The zero-order valence-electron chi connectivity index (χ0n) is 21.0. The van der Waals surface area contributed by atoms with E-state index in [-0.39, 0.29) is 0 Å². The van der Waals surface area contributed by atoms with Crippen LogP contribution in [0.1, 0.15) is 0 Å². The maximum absolute atomic E-state index is 5.33. The normalized spacial score (nSPS) is 11.6. The molecule has 4 heteroatoms. The molecule has 4 aromatic heterocycles. The summed E-state index contributed by atoms with van der Waals surface area (Å²) in [6.07, 6.45) is 4.07. The first-order valence-corrected chi connectivity index (χ1v) is 13.0. The number of hydrogen-bond donors (Lipinski definition) is 0. The second kappa shape index (κ2) is 8.61. The average molecular weight is 499 g/mol. The fourth-order valence-electron chi connectivity index (χ4n) is 5.61. The lowest BCUT2D eigenvalue weighted by Gasteiger charge is -2.12. The molecule has 4 heterocycles. The van der Waals surface area contributed by atoms with Gasteiger partial charge in [0.15, 0.2) is 0 Å². The Morgan fingerprint density at radius 2 is 1.18 bits per heavy atom. The van der Waals surface area contributed by atoms with Gasteiger partial charge < -0.3 is 0 Å². The zero-order chi connectivity index (χ0) is 25.8. The molecule has 0 atom stereocenters. The third-order valence-corrected chi connectivity index (χ3v) is 7.43. The van der Waals surface area contributed by atoms with Crippen molar-refractivity contribution in [2.45, 2.75) is 0 Å². The summed E-state index contributed by atoms with van der Waals surface area (Å²) in [7, 11) is 0. The molecule has 4 nitrogen and oxygen atoms in total. The van der Waals surface area contributed by atoms with Gasteiger partial charge in [0, 0.05) is 34.3 Å². The highest BCUT2D eigenvalue weighted by Gasteiger charge is 2.21. The Morgan fingerprint density at radius 1 is 0.513 bits per heavy atom. The van der Waals surface area contributed by atoms with Crippen molar-refractivity contribution in [3.8, 4) is 33.5 Å².